The minimum absolute atomic E-state index is 0.111. The summed E-state index contributed by atoms with van der Waals surface area (Å²) in [4.78, 5) is 12.5. The van der Waals surface area contributed by atoms with Crippen molar-refractivity contribution in [3.05, 3.63) is 90.0 Å². The number of carbonyl (C=O) groups is 1. The fourth-order valence-electron chi connectivity index (χ4n) is 2.45. The summed E-state index contributed by atoms with van der Waals surface area (Å²) in [5, 5.41) is 2.75. The summed E-state index contributed by atoms with van der Waals surface area (Å²) in [6.45, 7) is 0.463. The van der Waals surface area contributed by atoms with E-state index in [4.69, 9.17) is 4.74 Å². The summed E-state index contributed by atoms with van der Waals surface area (Å²) >= 11 is 0. The molecule has 0 aliphatic carbocycles. The van der Waals surface area contributed by atoms with E-state index >= 15 is 0 Å². The third-order valence-corrected chi connectivity index (χ3v) is 5.00. The zero-order valence-electron chi connectivity index (χ0n) is 14.8. The molecule has 0 spiro atoms. The van der Waals surface area contributed by atoms with E-state index in [1.54, 1.807) is 36.4 Å². The highest BCUT2D eigenvalue weighted by Gasteiger charge is 2.12. The van der Waals surface area contributed by atoms with Crippen LogP contribution in [0.1, 0.15) is 15.9 Å². The van der Waals surface area contributed by atoms with Crippen molar-refractivity contribution in [1.29, 1.82) is 0 Å². The molecule has 3 aromatic carbocycles. The Morgan fingerprint density at radius 3 is 2.30 bits per heavy atom. The molecule has 0 heterocycles. The SMILES string of the molecule is CS(=O)(=O)c1cccc(C(=O)Nc2ccc(OCc3ccccc3)cc2)c1. The predicted octanol–water partition coefficient (Wildman–Crippen LogP) is 3.92. The Balaban J connectivity index is 1.63. The van der Waals surface area contributed by atoms with Crippen LogP contribution in [0.3, 0.4) is 0 Å². The maximum Gasteiger partial charge on any atom is 0.255 e. The van der Waals surface area contributed by atoms with Gasteiger partial charge in [0.15, 0.2) is 9.84 Å². The number of benzene rings is 3. The van der Waals surface area contributed by atoms with Gasteiger partial charge in [0, 0.05) is 17.5 Å². The first-order valence-electron chi connectivity index (χ1n) is 8.30. The molecule has 3 aromatic rings. The minimum atomic E-state index is -3.36. The second-order valence-electron chi connectivity index (χ2n) is 6.05. The molecule has 0 aliphatic heterocycles. The van der Waals surface area contributed by atoms with Gasteiger partial charge in [-0.05, 0) is 48.0 Å². The van der Waals surface area contributed by atoms with E-state index in [-0.39, 0.29) is 16.4 Å². The molecule has 0 atom stereocenters. The molecule has 0 bridgehead atoms. The highest BCUT2D eigenvalue weighted by Crippen LogP contribution is 2.18. The van der Waals surface area contributed by atoms with Crippen LogP contribution in [0.15, 0.2) is 83.8 Å². The Hall–Kier alpha value is -3.12. The molecule has 1 amide bonds. The maximum absolute atomic E-state index is 12.4. The van der Waals surface area contributed by atoms with E-state index in [0.29, 0.717) is 18.0 Å². The van der Waals surface area contributed by atoms with Crippen molar-refractivity contribution >= 4 is 21.4 Å². The van der Waals surface area contributed by atoms with Gasteiger partial charge >= 0.3 is 0 Å². The van der Waals surface area contributed by atoms with E-state index in [2.05, 4.69) is 5.32 Å². The van der Waals surface area contributed by atoms with Gasteiger partial charge in [-0.1, -0.05) is 36.4 Å². The Labute approximate surface area is 158 Å². The number of nitrogens with one attached hydrogen (secondary N) is 1. The standard InChI is InChI=1S/C21H19NO4S/c1-27(24,25)20-9-5-8-17(14-20)21(23)22-18-10-12-19(13-11-18)26-15-16-6-3-2-4-7-16/h2-14H,15H2,1H3,(H,22,23). The molecule has 0 fully saturated rings. The molecule has 0 unspecified atom stereocenters. The number of hydrogen-bond donors (Lipinski definition) is 1. The lowest BCUT2D eigenvalue weighted by Gasteiger charge is -2.09. The number of rotatable bonds is 6. The van der Waals surface area contributed by atoms with Crippen molar-refractivity contribution in [1.82, 2.24) is 0 Å². The number of anilines is 1. The fraction of sp³-hybridized carbons (Fsp3) is 0.0952. The summed E-state index contributed by atoms with van der Waals surface area (Å²) in [6.07, 6.45) is 1.11. The Morgan fingerprint density at radius 1 is 0.926 bits per heavy atom. The van der Waals surface area contributed by atoms with Crippen LogP contribution in [0, 0.1) is 0 Å². The van der Waals surface area contributed by atoms with Gasteiger partial charge in [-0.2, -0.15) is 0 Å². The lowest BCUT2D eigenvalue weighted by atomic mass is 10.2. The average Bonchev–Trinajstić information content (AvgIpc) is 2.68. The summed E-state index contributed by atoms with van der Waals surface area (Å²) in [7, 11) is -3.36. The van der Waals surface area contributed by atoms with E-state index in [9.17, 15) is 13.2 Å². The zero-order valence-corrected chi connectivity index (χ0v) is 15.6. The first kappa shape index (κ1) is 18.7. The summed E-state index contributed by atoms with van der Waals surface area (Å²) in [5.41, 5.74) is 1.94. The van der Waals surface area contributed by atoms with Crippen molar-refractivity contribution in [3.63, 3.8) is 0 Å². The van der Waals surface area contributed by atoms with Crippen LogP contribution >= 0.6 is 0 Å². The van der Waals surface area contributed by atoms with Gasteiger partial charge in [-0.15, -0.1) is 0 Å². The third kappa shape index (κ3) is 5.18. The number of amides is 1. The highest BCUT2D eigenvalue weighted by atomic mass is 32.2. The van der Waals surface area contributed by atoms with Crippen molar-refractivity contribution in [3.8, 4) is 5.75 Å². The molecule has 0 saturated heterocycles. The summed E-state index contributed by atoms with van der Waals surface area (Å²) < 4.78 is 29.0. The molecule has 3 rings (SSSR count). The second kappa shape index (κ2) is 8.05. The molecule has 1 N–H and O–H groups in total. The normalized spacial score (nSPS) is 11.0. The lowest BCUT2D eigenvalue weighted by molar-refractivity contribution is 0.102. The van der Waals surface area contributed by atoms with Gasteiger partial charge in [0.05, 0.1) is 4.90 Å². The van der Waals surface area contributed by atoms with Gasteiger partial charge in [0.2, 0.25) is 0 Å². The Bertz CT molecular complexity index is 1030. The second-order valence-corrected chi connectivity index (χ2v) is 8.07. The van der Waals surface area contributed by atoms with Crippen LogP contribution < -0.4 is 10.1 Å². The van der Waals surface area contributed by atoms with E-state index in [1.165, 1.54) is 12.1 Å². The van der Waals surface area contributed by atoms with Gasteiger partial charge in [0.25, 0.3) is 5.91 Å². The molecule has 0 radical (unpaired) electrons. The summed E-state index contributed by atoms with van der Waals surface area (Å²) in [6, 6.07) is 22.8. The van der Waals surface area contributed by atoms with E-state index in [1.807, 2.05) is 30.3 Å². The predicted molar refractivity (Wildman–Crippen MR) is 105 cm³/mol. The number of sulfone groups is 1. The average molecular weight is 381 g/mol. The molecule has 6 heteroatoms. The van der Waals surface area contributed by atoms with Crippen molar-refractivity contribution in [2.24, 2.45) is 0 Å². The summed E-state index contributed by atoms with van der Waals surface area (Å²) in [5.74, 6) is 0.314. The van der Waals surface area contributed by atoms with Crippen LogP contribution in [0.25, 0.3) is 0 Å². The van der Waals surface area contributed by atoms with Crippen LogP contribution in [0.5, 0.6) is 5.75 Å². The van der Waals surface area contributed by atoms with Crippen LogP contribution in [0.2, 0.25) is 0 Å². The molecule has 27 heavy (non-hydrogen) atoms. The van der Waals surface area contributed by atoms with Crippen LogP contribution in [0.4, 0.5) is 5.69 Å². The minimum Gasteiger partial charge on any atom is -0.489 e. The lowest BCUT2D eigenvalue weighted by Crippen LogP contribution is -2.12. The number of carbonyl (C=O) groups excluding carboxylic acids is 1. The Morgan fingerprint density at radius 2 is 1.63 bits per heavy atom. The Kier molecular flexibility index (Phi) is 5.57. The topological polar surface area (TPSA) is 72.5 Å². The van der Waals surface area contributed by atoms with Gasteiger partial charge < -0.3 is 10.1 Å². The monoisotopic (exact) mass is 381 g/mol. The fourth-order valence-corrected chi connectivity index (χ4v) is 3.11. The molecule has 0 saturated carbocycles. The van der Waals surface area contributed by atoms with Gasteiger partial charge in [0.1, 0.15) is 12.4 Å². The molecule has 0 aliphatic rings. The van der Waals surface area contributed by atoms with Crippen LogP contribution in [-0.2, 0) is 16.4 Å². The quantitative estimate of drug-likeness (QED) is 0.702. The van der Waals surface area contributed by atoms with Crippen LogP contribution in [-0.4, -0.2) is 20.6 Å². The smallest absolute Gasteiger partial charge is 0.255 e. The largest absolute Gasteiger partial charge is 0.489 e. The molecular formula is C21H19NO4S. The van der Waals surface area contributed by atoms with Crippen molar-refractivity contribution in [2.45, 2.75) is 11.5 Å². The van der Waals surface area contributed by atoms with Crippen molar-refractivity contribution in [2.75, 3.05) is 11.6 Å². The third-order valence-electron chi connectivity index (χ3n) is 3.88. The maximum atomic E-state index is 12.4. The zero-order chi connectivity index (χ0) is 19.3. The van der Waals surface area contributed by atoms with Gasteiger partial charge in [-0.25, -0.2) is 8.42 Å². The van der Waals surface area contributed by atoms with Crippen molar-refractivity contribution < 1.29 is 17.9 Å². The number of hydrogen-bond acceptors (Lipinski definition) is 4. The first-order chi connectivity index (χ1) is 12.9. The highest BCUT2D eigenvalue weighted by molar-refractivity contribution is 7.90. The molecular weight excluding hydrogens is 362 g/mol. The van der Waals surface area contributed by atoms with E-state index in [0.717, 1.165) is 11.8 Å². The molecule has 138 valence electrons. The number of ether oxygens (including phenoxy) is 1. The van der Waals surface area contributed by atoms with E-state index < -0.39 is 9.84 Å². The molecule has 5 nitrogen and oxygen atoms in total. The first-order valence-corrected chi connectivity index (χ1v) is 10.2. The molecule has 0 aromatic heterocycles. The van der Waals surface area contributed by atoms with Gasteiger partial charge in [-0.3, -0.25) is 4.79 Å².